The van der Waals surface area contributed by atoms with Gasteiger partial charge in [0.25, 0.3) is 0 Å². The summed E-state index contributed by atoms with van der Waals surface area (Å²) in [4.78, 5) is 23.2. The van der Waals surface area contributed by atoms with E-state index in [9.17, 15) is 23.1 Å². The summed E-state index contributed by atoms with van der Waals surface area (Å²) < 4.78 is 22.6. The number of carboxylic acids is 1. The van der Waals surface area contributed by atoms with E-state index in [0.29, 0.717) is 18.6 Å². The second kappa shape index (κ2) is 6.15. The van der Waals surface area contributed by atoms with Crippen LogP contribution < -0.4 is 5.32 Å². The Kier molecular flexibility index (Phi) is 4.91. The Bertz CT molecular complexity index is 498. The summed E-state index contributed by atoms with van der Waals surface area (Å²) >= 11 is 2.81. The number of amides is 1. The molecule has 2 aliphatic heterocycles. The number of thioether (sulfide) groups is 2. The molecule has 0 aromatic carbocycles. The molecular formula is C11H17NO5S3. The quantitative estimate of drug-likeness (QED) is 0.726. The summed E-state index contributed by atoms with van der Waals surface area (Å²) in [6.07, 6.45) is 1.00. The highest BCUT2D eigenvalue weighted by Gasteiger charge is 2.43. The molecule has 1 amide bonds. The first-order valence-electron chi connectivity index (χ1n) is 6.27. The van der Waals surface area contributed by atoms with Crippen LogP contribution in [0.5, 0.6) is 0 Å². The highest BCUT2D eigenvalue weighted by molar-refractivity contribution is 8.02. The number of carboxylic acid groups (broad SMARTS) is 1. The number of hydrogen-bond acceptors (Lipinski definition) is 6. The topological polar surface area (TPSA) is 101 Å². The molecule has 114 valence electrons. The summed E-state index contributed by atoms with van der Waals surface area (Å²) in [6, 6.07) is 0. The Morgan fingerprint density at radius 2 is 2.20 bits per heavy atom. The minimum absolute atomic E-state index is 0.0514. The van der Waals surface area contributed by atoms with E-state index < -0.39 is 21.3 Å². The van der Waals surface area contributed by atoms with Crippen molar-refractivity contribution in [1.82, 2.24) is 5.32 Å². The Labute approximate surface area is 126 Å². The number of sulfone groups is 1. The molecule has 2 N–H and O–H groups in total. The van der Waals surface area contributed by atoms with Crippen molar-refractivity contribution >= 4 is 45.2 Å². The van der Waals surface area contributed by atoms with Crippen molar-refractivity contribution in [1.29, 1.82) is 0 Å². The van der Waals surface area contributed by atoms with E-state index in [1.54, 1.807) is 0 Å². The first-order valence-corrected chi connectivity index (χ1v) is 10.3. The van der Waals surface area contributed by atoms with Gasteiger partial charge in [0.15, 0.2) is 9.84 Å². The van der Waals surface area contributed by atoms with Crippen LogP contribution >= 0.6 is 23.5 Å². The lowest BCUT2D eigenvalue weighted by Gasteiger charge is -2.24. The lowest BCUT2D eigenvalue weighted by molar-refractivity contribution is -0.146. The number of rotatable bonds is 5. The predicted molar refractivity (Wildman–Crippen MR) is 80.0 cm³/mol. The van der Waals surface area contributed by atoms with Crippen molar-refractivity contribution in [2.45, 2.75) is 23.6 Å². The maximum atomic E-state index is 11.9. The van der Waals surface area contributed by atoms with Crippen molar-refractivity contribution in [3.8, 4) is 0 Å². The molecule has 0 aliphatic carbocycles. The van der Waals surface area contributed by atoms with Gasteiger partial charge in [-0.3, -0.25) is 4.79 Å². The number of aliphatic carboxylic acids is 1. The van der Waals surface area contributed by atoms with Gasteiger partial charge in [-0.05, 0) is 18.6 Å². The molecule has 20 heavy (non-hydrogen) atoms. The second-order valence-corrected chi connectivity index (χ2v) is 9.70. The number of carbonyl (C=O) groups is 2. The molecule has 2 fully saturated rings. The van der Waals surface area contributed by atoms with Gasteiger partial charge in [0, 0.05) is 11.0 Å². The van der Waals surface area contributed by atoms with E-state index in [4.69, 9.17) is 0 Å². The van der Waals surface area contributed by atoms with Gasteiger partial charge in [-0.15, -0.1) is 11.8 Å². The Morgan fingerprint density at radius 1 is 1.45 bits per heavy atom. The molecule has 0 aromatic heterocycles. The minimum Gasteiger partial charge on any atom is -0.479 e. The van der Waals surface area contributed by atoms with Crippen LogP contribution in [-0.2, 0) is 19.4 Å². The molecule has 0 spiro atoms. The average Bonchev–Trinajstić information content (AvgIpc) is 2.94. The molecule has 0 bridgehead atoms. The first-order chi connectivity index (χ1) is 9.33. The van der Waals surface area contributed by atoms with Gasteiger partial charge in [-0.25, -0.2) is 13.2 Å². The summed E-state index contributed by atoms with van der Waals surface area (Å²) in [5.41, 5.74) is -1.15. The van der Waals surface area contributed by atoms with Crippen LogP contribution in [0.2, 0.25) is 0 Å². The van der Waals surface area contributed by atoms with E-state index in [2.05, 4.69) is 5.32 Å². The fourth-order valence-electron chi connectivity index (χ4n) is 2.27. The highest BCUT2D eigenvalue weighted by atomic mass is 32.2. The van der Waals surface area contributed by atoms with E-state index >= 15 is 0 Å². The lowest BCUT2D eigenvalue weighted by atomic mass is 9.99. The smallest absolute Gasteiger partial charge is 0.330 e. The third kappa shape index (κ3) is 3.82. The SMILES string of the molecule is O=C(CSC1CCS(=O)(=O)C1)NC1(C(=O)O)CCSC1. The van der Waals surface area contributed by atoms with Gasteiger partial charge in [0.2, 0.25) is 5.91 Å². The summed E-state index contributed by atoms with van der Waals surface area (Å²) in [6.45, 7) is 0. The first kappa shape index (κ1) is 16.0. The molecular weight excluding hydrogens is 322 g/mol. The molecule has 2 aliphatic rings. The van der Waals surface area contributed by atoms with Gasteiger partial charge >= 0.3 is 5.97 Å². The van der Waals surface area contributed by atoms with Crippen LogP contribution in [0.1, 0.15) is 12.8 Å². The summed E-state index contributed by atoms with van der Waals surface area (Å²) in [5, 5.41) is 11.8. The monoisotopic (exact) mass is 339 g/mol. The fourth-order valence-corrected chi connectivity index (χ4v) is 7.04. The molecule has 2 saturated heterocycles. The summed E-state index contributed by atoms with van der Waals surface area (Å²) in [5.74, 6) is 0.192. The van der Waals surface area contributed by atoms with Crippen LogP contribution in [0.15, 0.2) is 0 Å². The summed E-state index contributed by atoms with van der Waals surface area (Å²) in [7, 11) is -2.94. The number of nitrogens with one attached hydrogen (secondary N) is 1. The zero-order valence-electron chi connectivity index (χ0n) is 10.8. The van der Waals surface area contributed by atoms with Crippen LogP contribution in [0, 0.1) is 0 Å². The highest BCUT2D eigenvalue weighted by Crippen LogP contribution is 2.29. The van der Waals surface area contributed by atoms with Gasteiger partial charge in [-0.1, -0.05) is 0 Å². The third-order valence-electron chi connectivity index (χ3n) is 3.45. The van der Waals surface area contributed by atoms with Crippen molar-refractivity contribution < 1.29 is 23.1 Å². The van der Waals surface area contributed by atoms with Gasteiger partial charge < -0.3 is 10.4 Å². The van der Waals surface area contributed by atoms with E-state index in [1.165, 1.54) is 23.5 Å². The maximum Gasteiger partial charge on any atom is 0.330 e. The molecule has 0 aromatic rings. The molecule has 2 rings (SSSR count). The van der Waals surface area contributed by atoms with Crippen LogP contribution in [0.4, 0.5) is 0 Å². The minimum atomic E-state index is -2.94. The van der Waals surface area contributed by atoms with Gasteiger partial charge in [0.05, 0.1) is 17.3 Å². The van der Waals surface area contributed by atoms with Crippen molar-refractivity contribution in [2.75, 3.05) is 28.8 Å². The average molecular weight is 339 g/mol. The van der Waals surface area contributed by atoms with E-state index in [0.717, 1.165) is 5.75 Å². The van der Waals surface area contributed by atoms with Gasteiger partial charge in [-0.2, -0.15) is 11.8 Å². The zero-order valence-corrected chi connectivity index (χ0v) is 13.3. The zero-order chi connectivity index (χ0) is 14.8. The lowest BCUT2D eigenvalue weighted by Crippen LogP contribution is -2.55. The van der Waals surface area contributed by atoms with Crippen LogP contribution in [-0.4, -0.2) is 65.0 Å². The van der Waals surface area contributed by atoms with Crippen molar-refractivity contribution in [2.24, 2.45) is 0 Å². The molecule has 0 radical (unpaired) electrons. The molecule has 6 nitrogen and oxygen atoms in total. The third-order valence-corrected chi connectivity index (χ3v) is 7.92. The largest absolute Gasteiger partial charge is 0.479 e. The molecule has 2 heterocycles. The van der Waals surface area contributed by atoms with Gasteiger partial charge in [0.1, 0.15) is 5.54 Å². The van der Waals surface area contributed by atoms with Crippen LogP contribution in [0.3, 0.4) is 0 Å². The second-order valence-electron chi connectivity index (χ2n) is 5.07. The molecule has 9 heteroatoms. The Morgan fingerprint density at radius 3 is 2.70 bits per heavy atom. The van der Waals surface area contributed by atoms with Crippen molar-refractivity contribution in [3.63, 3.8) is 0 Å². The molecule has 0 saturated carbocycles. The fraction of sp³-hybridized carbons (Fsp3) is 0.818. The Hall–Kier alpha value is -0.410. The molecule has 2 unspecified atom stereocenters. The molecule has 2 atom stereocenters. The van der Waals surface area contributed by atoms with E-state index in [-0.39, 0.29) is 28.4 Å². The van der Waals surface area contributed by atoms with Crippen LogP contribution in [0.25, 0.3) is 0 Å². The number of hydrogen-bond donors (Lipinski definition) is 2. The number of carbonyl (C=O) groups excluding carboxylic acids is 1. The maximum absolute atomic E-state index is 11.9. The van der Waals surface area contributed by atoms with Crippen molar-refractivity contribution in [3.05, 3.63) is 0 Å². The Balaban J connectivity index is 1.82. The van der Waals surface area contributed by atoms with E-state index in [1.807, 2.05) is 0 Å². The standard InChI is InChI=1S/C11H17NO5S3/c13-9(5-19-8-1-4-20(16,17)6-8)12-11(10(14)15)2-3-18-7-11/h8H,1-7H2,(H,12,13)(H,14,15). The predicted octanol–water partition coefficient (Wildman–Crippen LogP) is -0.0168. The normalized spacial score (nSPS) is 32.1.